The molecule has 1 aromatic carbocycles. The number of fused-ring (bicyclic) bond motifs is 1. The normalized spacial score (nSPS) is 23.5. The van der Waals surface area contributed by atoms with Gasteiger partial charge in [0.15, 0.2) is 5.78 Å². The molecule has 4 nitrogen and oxygen atoms in total. The molecule has 1 aliphatic heterocycles. The van der Waals surface area contributed by atoms with Crippen LogP contribution >= 0.6 is 11.6 Å². The molecule has 29 heavy (non-hydrogen) atoms. The minimum atomic E-state index is -2.71. The van der Waals surface area contributed by atoms with Crippen molar-refractivity contribution in [3.63, 3.8) is 0 Å². The summed E-state index contributed by atoms with van der Waals surface area (Å²) in [7, 11) is 0. The maximum atomic E-state index is 13.4. The number of ether oxygens (including phenoxy) is 1. The summed E-state index contributed by atoms with van der Waals surface area (Å²) in [5.41, 5.74) is 0.206. The molecule has 2 aromatic rings. The summed E-state index contributed by atoms with van der Waals surface area (Å²) in [5.74, 6) is -2.83. The van der Waals surface area contributed by atoms with Gasteiger partial charge in [-0.1, -0.05) is 17.7 Å². The fraction of sp³-hybridized carbons (Fsp3) is 0.591. The highest BCUT2D eigenvalue weighted by atomic mass is 35.5. The van der Waals surface area contributed by atoms with Crippen molar-refractivity contribution in [2.24, 2.45) is 0 Å². The first-order valence-corrected chi connectivity index (χ1v) is 10.7. The number of hydrogen-bond donors (Lipinski definition) is 1. The van der Waals surface area contributed by atoms with Crippen LogP contribution in [-0.4, -0.2) is 39.7 Å². The second-order valence-corrected chi connectivity index (χ2v) is 8.87. The zero-order valence-corrected chi connectivity index (χ0v) is 17.1. The van der Waals surface area contributed by atoms with Crippen LogP contribution in [0.1, 0.15) is 61.7 Å². The van der Waals surface area contributed by atoms with Crippen LogP contribution in [0.4, 0.5) is 8.78 Å². The number of ketones is 1. The first-order chi connectivity index (χ1) is 13.8. The van der Waals surface area contributed by atoms with Crippen LogP contribution in [0, 0.1) is 0 Å². The molecule has 158 valence electrons. The Hall–Kier alpha value is -1.50. The van der Waals surface area contributed by atoms with Crippen molar-refractivity contribution in [1.29, 1.82) is 0 Å². The maximum absolute atomic E-state index is 13.4. The van der Waals surface area contributed by atoms with Crippen LogP contribution in [0.25, 0.3) is 10.9 Å². The lowest BCUT2D eigenvalue weighted by atomic mass is 9.79. The van der Waals surface area contributed by atoms with Crippen molar-refractivity contribution in [1.82, 2.24) is 4.57 Å². The van der Waals surface area contributed by atoms with Gasteiger partial charge in [0.1, 0.15) is 0 Å². The first kappa shape index (κ1) is 20.8. The molecule has 7 heteroatoms. The van der Waals surface area contributed by atoms with Crippen LogP contribution < -0.4 is 0 Å². The quantitative estimate of drug-likeness (QED) is 0.632. The Bertz CT molecular complexity index is 895. The molecular weight excluding hydrogens is 400 g/mol. The fourth-order valence-electron chi connectivity index (χ4n) is 4.49. The lowest BCUT2D eigenvalue weighted by molar-refractivity contribution is -0.105. The van der Waals surface area contributed by atoms with E-state index in [1.807, 2.05) is 22.9 Å². The smallest absolute Gasteiger partial charge is 0.248 e. The molecular formula is C22H26ClF2NO3. The largest absolute Gasteiger partial charge is 0.390 e. The molecule has 0 unspecified atom stereocenters. The summed E-state index contributed by atoms with van der Waals surface area (Å²) in [6, 6.07) is 5.55. The number of carbonyl (C=O) groups excluding carboxylic acids is 1. The van der Waals surface area contributed by atoms with Gasteiger partial charge in [0.25, 0.3) is 0 Å². The number of benzene rings is 1. The Kier molecular flexibility index (Phi) is 5.70. The van der Waals surface area contributed by atoms with Gasteiger partial charge in [0.2, 0.25) is 5.92 Å². The number of Topliss-reactive ketones (excluding diaryl/α,β-unsaturated/α-hetero) is 1. The number of aromatic nitrogens is 1. The molecule has 1 aromatic heterocycles. The average molecular weight is 426 g/mol. The van der Waals surface area contributed by atoms with Gasteiger partial charge in [0.05, 0.1) is 22.2 Å². The molecule has 1 saturated heterocycles. The third-order valence-corrected chi connectivity index (χ3v) is 6.62. The molecule has 1 atom stereocenters. The number of alkyl halides is 2. The number of aliphatic hydroxyl groups is 1. The topological polar surface area (TPSA) is 51.5 Å². The average Bonchev–Trinajstić information content (AvgIpc) is 3.32. The van der Waals surface area contributed by atoms with E-state index in [0.29, 0.717) is 22.5 Å². The van der Waals surface area contributed by atoms with Gasteiger partial charge in [-0.3, -0.25) is 4.79 Å². The molecule has 2 aliphatic rings. The number of nitrogens with zero attached hydrogens (tertiary/aromatic N) is 1. The van der Waals surface area contributed by atoms with Crippen LogP contribution in [-0.2, 0) is 11.3 Å². The maximum Gasteiger partial charge on any atom is 0.248 e. The molecule has 1 aliphatic carbocycles. The monoisotopic (exact) mass is 425 g/mol. The summed E-state index contributed by atoms with van der Waals surface area (Å²) in [4.78, 5) is 13.0. The molecule has 4 rings (SSSR count). The predicted molar refractivity (Wildman–Crippen MR) is 108 cm³/mol. The van der Waals surface area contributed by atoms with Gasteiger partial charge in [-0.25, -0.2) is 8.78 Å². The minimum absolute atomic E-state index is 0.0226. The van der Waals surface area contributed by atoms with Crippen LogP contribution in [0.5, 0.6) is 0 Å². The van der Waals surface area contributed by atoms with Crippen molar-refractivity contribution in [3.8, 4) is 0 Å². The molecule has 1 saturated carbocycles. The molecule has 0 bridgehead atoms. The van der Waals surface area contributed by atoms with Crippen LogP contribution in [0.3, 0.4) is 0 Å². The Balaban J connectivity index is 1.52. The van der Waals surface area contributed by atoms with E-state index >= 15 is 0 Å². The predicted octanol–water partition coefficient (Wildman–Crippen LogP) is 5.38. The van der Waals surface area contributed by atoms with Gasteiger partial charge >= 0.3 is 0 Å². The van der Waals surface area contributed by atoms with E-state index in [0.717, 1.165) is 25.0 Å². The van der Waals surface area contributed by atoms with Crippen molar-refractivity contribution < 1.29 is 23.4 Å². The number of hydrogen-bond acceptors (Lipinski definition) is 3. The standard InChI is InChI=1S/C22H26ClF2NO3/c23-17-4-1-5-18-20(17)16(14-26(18)13-15-3-2-12-29-15)19(27)6-7-21(28)8-10-22(24,25)11-9-21/h1,4-5,14-15,28H,2-3,6-13H2/t15-/m1/s1. The van der Waals surface area contributed by atoms with Crippen LogP contribution in [0.2, 0.25) is 5.02 Å². The van der Waals surface area contributed by atoms with E-state index in [9.17, 15) is 18.7 Å². The Labute approximate surface area is 173 Å². The van der Waals surface area contributed by atoms with Crippen molar-refractivity contribution >= 4 is 28.3 Å². The highest BCUT2D eigenvalue weighted by molar-refractivity contribution is 6.37. The molecule has 0 radical (unpaired) electrons. The van der Waals surface area contributed by atoms with Crippen molar-refractivity contribution in [2.75, 3.05) is 6.61 Å². The summed E-state index contributed by atoms with van der Waals surface area (Å²) in [6.07, 6.45) is 3.64. The summed E-state index contributed by atoms with van der Waals surface area (Å²) < 4.78 is 34.5. The van der Waals surface area contributed by atoms with E-state index in [1.165, 1.54) is 0 Å². The van der Waals surface area contributed by atoms with E-state index in [2.05, 4.69) is 0 Å². The van der Waals surface area contributed by atoms with Gasteiger partial charge in [-0.2, -0.15) is 0 Å². The van der Waals surface area contributed by atoms with Gasteiger partial charge in [0, 0.05) is 49.6 Å². The SMILES string of the molecule is O=C(CCC1(O)CCC(F)(F)CC1)c1cn(C[C@H]2CCCO2)c2cccc(Cl)c12. The lowest BCUT2D eigenvalue weighted by Gasteiger charge is -2.35. The zero-order chi connectivity index (χ0) is 20.6. The highest BCUT2D eigenvalue weighted by Gasteiger charge is 2.42. The Morgan fingerprint density at radius 1 is 1.28 bits per heavy atom. The third-order valence-electron chi connectivity index (χ3n) is 6.31. The first-order valence-electron chi connectivity index (χ1n) is 10.3. The molecule has 0 amide bonds. The van der Waals surface area contributed by atoms with E-state index in [-0.39, 0.29) is 50.4 Å². The Morgan fingerprint density at radius 3 is 2.72 bits per heavy atom. The van der Waals surface area contributed by atoms with Gasteiger partial charge in [-0.15, -0.1) is 0 Å². The number of rotatable bonds is 6. The summed E-state index contributed by atoms with van der Waals surface area (Å²) >= 11 is 6.41. The van der Waals surface area contributed by atoms with Gasteiger partial charge < -0.3 is 14.4 Å². The second kappa shape index (κ2) is 7.97. The third kappa shape index (κ3) is 4.49. The lowest BCUT2D eigenvalue weighted by Crippen LogP contribution is -2.38. The van der Waals surface area contributed by atoms with Crippen molar-refractivity contribution in [3.05, 3.63) is 35.0 Å². The zero-order valence-electron chi connectivity index (χ0n) is 16.3. The summed E-state index contributed by atoms with van der Waals surface area (Å²) in [6.45, 7) is 1.41. The van der Waals surface area contributed by atoms with E-state index in [1.54, 1.807) is 6.07 Å². The highest BCUT2D eigenvalue weighted by Crippen LogP contribution is 2.41. The van der Waals surface area contributed by atoms with Gasteiger partial charge in [-0.05, 0) is 44.2 Å². The minimum Gasteiger partial charge on any atom is -0.390 e. The second-order valence-electron chi connectivity index (χ2n) is 8.47. The number of carbonyl (C=O) groups is 1. The van der Waals surface area contributed by atoms with E-state index in [4.69, 9.17) is 16.3 Å². The van der Waals surface area contributed by atoms with E-state index < -0.39 is 11.5 Å². The fourth-order valence-corrected chi connectivity index (χ4v) is 4.76. The Morgan fingerprint density at radius 2 is 2.03 bits per heavy atom. The molecule has 2 heterocycles. The summed E-state index contributed by atoms with van der Waals surface area (Å²) in [5, 5.41) is 11.8. The molecule has 1 N–H and O–H groups in total. The van der Waals surface area contributed by atoms with Crippen molar-refractivity contribution in [2.45, 2.75) is 75.5 Å². The number of halogens is 3. The molecule has 2 fully saturated rings. The molecule has 0 spiro atoms. The van der Waals surface area contributed by atoms with Crippen LogP contribution in [0.15, 0.2) is 24.4 Å².